The zero-order valence-electron chi connectivity index (χ0n) is 13.5. The van der Waals surface area contributed by atoms with Crippen LogP contribution in [0.2, 0.25) is 0 Å². The summed E-state index contributed by atoms with van der Waals surface area (Å²) >= 11 is 0. The van der Waals surface area contributed by atoms with Gasteiger partial charge in [0.15, 0.2) is 0 Å². The number of para-hydroxylation sites is 2. The predicted octanol–water partition coefficient (Wildman–Crippen LogP) is 3.97. The molecule has 6 heteroatoms. The van der Waals surface area contributed by atoms with E-state index in [1.165, 1.54) is 0 Å². The minimum absolute atomic E-state index is 0.276. The van der Waals surface area contributed by atoms with Gasteiger partial charge in [-0.1, -0.05) is 24.3 Å². The van der Waals surface area contributed by atoms with Crippen molar-refractivity contribution in [1.82, 2.24) is 0 Å². The Bertz CT molecular complexity index is 819. The molecule has 0 unspecified atom stereocenters. The van der Waals surface area contributed by atoms with Gasteiger partial charge in [-0.15, -0.1) is 0 Å². The summed E-state index contributed by atoms with van der Waals surface area (Å²) in [5.41, 5.74) is 1.47. The normalized spacial score (nSPS) is 14.2. The molecule has 0 radical (unpaired) electrons. The predicted molar refractivity (Wildman–Crippen MR) is 94.0 cm³/mol. The van der Waals surface area contributed by atoms with Gasteiger partial charge in [-0.3, -0.25) is 4.79 Å². The molecule has 1 N–H and O–H groups in total. The SMILES string of the molecule is COCCCCC(=O)N=S1(=O)c2ccccc2Nc2ccccc21. The molecule has 0 spiro atoms. The van der Waals surface area contributed by atoms with E-state index >= 15 is 0 Å². The highest BCUT2D eigenvalue weighted by Gasteiger charge is 2.28. The minimum atomic E-state index is -2.97. The first-order valence-electron chi connectivity index (χ1n) is 7.89. The molecule has 5 nitrogen and oxygen atoms in total. The molecule has 3 rings (SSSR count). The molecule has 2 aromatic carbocycles. The monoisotopic (exact) mass is 344 g/mol. The second-order valence-electron chi connectivity index (χ2n) is 5.58. The van der Waals surface area contributed by atoms with Crippen molar-refractivity contribution >= 4 is 27.0 Å². The number of anilines is 2. The molecule has 0 atom stereocenters. The van der Waals surface area contributed by atoms with Crippen LogP contribution in [0, 0.1) is 0 Å². The second-order valence-corrected chi connectivity index (χ2v) is 7.69. The van der Waals surface area contributed by atoms with Crippen LogP contribution in [0.25, 0.3) is 0 Å². The van der Waals surface area contributed by atoms with E-state index < -0.39 is 9.73 Å². The van der Waals surface area contributed by atoms with Gasteiger partial charge >= 0.3 is 0 Å². The minimum Gasteiger partial charge on any atom is -0.385 e. The van der Waals surface area contributed by atoms with E-state index in [1.807, 2.05) is 36.4 Å². The average Bonchev–Trinajstić information content (AvgIpc) is 2.59. The number of unbranched alkanes of at least 4 members (excludes halogenated alkanes) is 1. The van der Waals surface area contributed by atoms with Gasteiger partial charge < -0.3 is 10.1 Å². The third-order valence-corrected chi connectivity index (χ3v) is 6.22. The topological polar surface area (TPSA) is 67.8 Å². The largest absolute Gasteiger partial charge is 0.385 e. The number of hydrogen-bond acceptors (Lipinski definition) is 4. The Hall–Kier alpha value is -2.18. The first-order valence-corrected chi connectivity index (χ1v) is 9.41. The fraction of sp³-hybridized carbons (Fsp3) is 0.278. The summed E-state index contributed by atoms with van der Waals surface area (Å²) in [7, 11) is -1.34. The standard InChI is InChI=1S/C18H20N2O3S/c1-23-13-7-6-12-18(21)20-24(22)16-10-4-2-8-14(16)19-15-9-3-5-11-17(15)24/h2-5,8-11,19H,6-7,12-13H2,1H3. The number of ether oxygens (including phenoxy) is 1. The van der Waals surface area contributed by atoms with Crippen LogP contribution in [0.4, 0.5) is 11.4 Å². The molecule has 1 aliphatic heterocycles. The summed E-state index contributed by atoms with van der Waals surface area (Å²) in [6, 6.07) is 14.6. The van der Waals surface area contributed by atoms with Crippen LogP contribution in [-0.2, 0) is 19.3 Å². The van der Waals surface area contributed by atoms with E-state index in [4.69, 9.17) is 4.74 Å². The fourth-order valence-electron chi connectivity index (χ4n) is 2.70. The summed E-state index contributed by atoms with van der Waals surface area (Å²) in [5, 5.41) is 3.26. The Morgan fingerprint density at radius 2 is 1.62 bits per heavy atom. The molecule has 0 aromatic heterocycles. The lowest BCUT2D eigenvalue weighted by Crippen LogP contribution is -2.15. The number of hydrogen-bond donors (Lipinski definition) is 1. The lowest BCUT2D eigenvalue weighted by atomic mass is 10.2. The zero-order valence-corrected chi connectivity index (χ0v) is 14.3. The number of nitrogens with one attached hydrogen (secondary N) is 1. The summed E-state index contributed by atoms with van der Waals surface area (Å²) < 4.78 is 22.8. The smallest absolute Gasteiger partial charge is 0.254 e. The van der Waals surface area contributed by atoms with E-state index in [0.29, 0.717) is 22.8 Å². The number of methoxy groups -OCH3 is 1. The number of nitrogens with zero attached hydrogens (tertiary/aromatic N) is 1. The van der Waals surface area contributed by atoms with Crippen LogP contribution in [0.3, 0.4) is 0 Å². The highest BCUT2D eigenvalue weighted by Crippen LogP contribution is 2.40. The molecule has 0 fully saturated rings. The Morgan fingerprint density at radius 3 is 2.21 bits per heavy atom. The highest BCUT2D eigenvalue weighted by atomic mass is 32.2. The summed E-state index contributed by atoms with van der Waals surface area (Å²) in [6.07, 6.45) is 1.74. The molecule has 2 aromatic rings. The van der Waals surface area contributed by atoms with E-state index in [9.17, 15) is 9.00 Å². The summed E-state index contributed by atoms with van der Waals surface area (Å²) in [6.45, 7) is 0.609. The van der Waals surface area contributed by atoms with Crippen molar-refractivity contribution in [3.8, 4) is 0 Å². The third kappa shape index (κ3) is 3.20. The van der Waals surface area contributed by atoms with Crippen molar-refractivity contribution in [3.05, 3.63) is 48.5 Å². The van der Waals surface area contributed by atoms with Crippen molar-refractivity contribution in [1.29, 1.82) is 0 Å². The van der Waals surface area contributed by atoms with Gasteiger partial charge in [0.1, 0.15) is 9.73 Å². The number of benzene rings is 2. The molecule has 1 heterocycles. The van der Waals surface area contributed by atoms with Crippen LogP contribution in [0.15, 0.2) is 62.7 Å². The van der Waals surface area contributed by atoms with Crippen molar-refractivity contribution in [2.75, 3.05) is 19.0 Å². The molecule has 0 saturated carbocycles. The van der Waals surface area contributed by atoms with Crippen molar-refractivity contribution in [2.24, 2.45) is 4.36 Å². The number of carbonyl (C=O) groups is 1. The van der Waals surface area contributed by atoms with Gasteiger partial charge in [-0.05, 0) is 37.1 Å². The van der Waals surface area contributed by atoms with Crippen molar-refractivity contribution < 1.29 is 13.7 Å². The van der Waals surface area contributed by atoms with Gasteiger partial charge in [-0.25, -0.2) is 4.21 Å². The molecular weight excluding hydrogens is 324 g/mol. The Kier molecular flexibility index (Phi) is 4.97. The van der Waals surface area contributed by atoms with Gasteiger partial charge in [0.2, 0.25) is 0 Å². The molecule has 0 saturated heterocycles. The highest BCUT2D eigenvalue weighted by molar-refractivity contribution is 7.94. The fourth-order valence-corrected chi connectivity index (χ4v) is 4.87. The van der Waals surface area contributed by atoms with E-state index in [1.54, 1.807) is 19.2 Å². The maximum absolute atomic E-state index is 13.7. The van der Waals surface area contributed by atoms with E-state index in [0.717, 1.165) is 17.8 Å². The Morgan fingerprint density at radius 1 is 1.04 bits per heavy atom. The molecule has 1 amide bonds. The zero-order chi connectivity index (χ0) is 17.0. The second kappa shape index (κ2) is 7.15. The lowest BCUT2D eigenvalue weighted by molar-refractivity contribution is -0.117. The number of rotatable bonds is 5. The van der Waals surface area contributed by atoms with E-state index in [2.05, 4.69) is 9.68 Å². The quantitative estimate of drug-likeness (QED) is 0.711. The first-order chi connectivity index (χ1) is 11.6. The molecule has 24 heavy (non-hydrogen) atoms. The number of carbonyl (C=O) groups excluding carboxylic acids is 1. The first kappa shape index (κ1) is 16.7. The van der Waals surface area contributed by atoms with Crippen molar-refractivity contribution in [3.63, 3.8) is 0 Å². The number of amides is 1. The van der Waals surface area contributed by atoms with Crippen LogP contribution in [0.1, 0.15) is 19.3 Å². The summed E-state index contributed by atoms with van der Waals surface area (Å²) in [4.78, 5) is 13.4. The van der Waals surface area contributed by atoms with Gasteiger partial charge in [-0.2, -0.15) is 4.36 Å². The average molecular weight is 344 g/mol. The maximum Gasteiger partial charge on any atom is 0.254 e. The van der Waals surface area contributed by atoms with Gasteiger partial charge in [0.25, 0.3) is 5.91 Å². The number of fused-ring (bicyclic) bond motifs is 2. The van der Waals surface area contributed by atoms with Gasteiger partial charge in [0, 0.05) is 20.1 Å². The Labute approximate surface area is 142 Å². The maximum atomic E-state index is 13.7. The third-order valence-electron chi connectivity index (χ3n) is 3.86. The van der Waals surface area contributed by atoms with E-state index in [-0.39, 0.29) is 12.3 Å². The molecule has 0 aliphatic carbocycles. The molecular formula is C18H20N2O3S. The van der Waals surface area contributed by atoms with Crippen LogP contribution >= 0.6 is 0 Å². The molecule has 0 bridgehead atoms. The van der Waals surface area contributed by atoms with Crippen LogP contribution in [-0.4, -0.2) is 23.8 Å². The van der Waals surface area contributed by atoms with Gasteiger partial charge in [0.05, 0.1) is 21.2 Å². The summed E-state index contributed by atoms with van der Waals surface area (Å²) in [5.74, 6) is -0.331. The van der Waals surface area contributed by atoms with Crippen LogP contribution < -0.4 is 5.32 Å². The van der Waals surface area contributed by atoms with Crippen LogP contribution in [0.5, 0.6) is 0 Å². The Balaban J connectivity index is 2.00. The molecule has 126 valence electrons. The lowest BCUT2D eigenvalue weighted by Gasteiger charge is -2.24. The van der Waals surface area contributed by atoms with Crippen molar-refractivity contribution in [2.45, 2.75) is 29.1 Å². The molecule has 1 aliphatic rings.